The second-order valence-corrected chi connectivity index (χ2v) is 27.9. The van der Waals surface area contributed by atoms with E-state index in [2.05, 4.69) is 346 Å². The molecule has 0 fully saturated rings. The molecule has 0 saturated heterocycles. The standard InChI is InChI=1S/C96H54N4O3/c1-3-16-58-48-64-53-88-79(51-62(64)46-56(58)14-1)72-38-41-84-91(94(72)102-88)74-19-7-10-22-81(74)98(84)69-32-26-66(27-33-69)97(67-28-34-70(35-29-67)99-82-23-11-8-20-75(82)92-85(99)42-39-73-80-52-63-47-57-15-2-4-17-59(57)49-65(63)54-89(80)103-95(73)92)68-30-36-71(37-31-68)100-83-24-12-9-21-76(83)93-86(100)43-40-77-90-78-50-60-18-6-5-13-55(60)45-61(78)25-44-87(90)101-96(77)93/h1-54H. The summed E-state index contributed by atoms with van der Waals surface area (Å²) in [6.45, 7) is 0. The van der Waals surface area contributed by atoms with Crippen molar-refractivity contribution in [2.45, 2.75) is 0 Å². The highest BCUT2D eigenvalue weighted by molar-refractivity contribution is 6.30. The molecule has 0 atom stereocenters. The maximum atomic E-state index is 7.01. The summed E-state index contributed by atoms with van der Waals surface area (Å²) in [6, 6.07) is 120. The Kier molecular flexibility index (Phi) is 10.9. The normalized spacial score (nSPS) is 12.5. The fraction of sp³-hybridized carbons (Fsp3) is 0. The molecule has 24 rings (SSSR count). The highest BCUT2D eigenvalue weighted by Gasteiger charge is 2.25. The van der Waals surface area contributed by atoms with Gasteiger partial charge in [-0.25, -0.2) is 0 Å². The lowest BCUT2D eigenvalue weighted by molar-refractivity contribution is 0.673. The van der Waals surface area contributed by atoms with Crippen LogP contribution in [-0.4, -0.2) is 13.7 Å². The molecule has 7 nitrogen and oxygen atoms in total. The molecule has 0 saturated carbocycles. The number of hydrogen-bond donors (Lipinski definition) is 0. The monoisotopic (exact) mass is 1310 g/mol. The minimum absolute atomic E-state index is 0.886. The molecule has 476 valence electrons. The van der Waals surface area contributed by atoms with Crippen molar-refractivity contribution in [3.05, 3.63) is 328 Å². The fourth-order valence-electron chi connectivity index (χ4n) is 17.8. The number of fused-ring (bicyclic) bond motifs is 28. The smallest absolute Gasteiger partial charge is 0.145 e. The third-order valence-electron chi connectivity index (χ3n) is 22.4. The van der Waals surface area contributed by atoms with Crippen LogP contribution in [0, 0.1) is 0 Å². The van der Waals surface area contributed by atoms with Crippen LogP contribution >= 0.6 is 0 Å². The van der Waals surface area contributed by atoms with Crippen LogP contribution in [-0.2, 0) is 0 Å². The van der Waals surface area contributed by atoms with Crippen LogP contribution in [0.4, 0.5) is 17.1 Å². The quantitative estimate of drug-likeness (QED) is 0.156. The van der Waals surface area contributed by atoms with Gasteiger partial charge in [0, 0.05) is 82.6 Å². The molecule has 0 bridgehead atoms. The van der Waals surface area contributed by atoms with Gasteiger partial charge >= 0.3 is 0 Å². The van der Waals surface area contributed by atoms with E-state index < -0.39 is 0 Å². The molecule has 6 aromatic heterocycles. The summed E-state index contributed by atoms with van der Waals surface area (Å²) in [5.74, 6) is 0. The van der Waals surface area contributed by atoms with Crippen molar-refractivity contribution < 1.29 is 13.3 Å². The molecule has 18 aromatic carbocycles. The Balaban J connectivity index is 0.655. The highest BCUT2D eigenvalue weighted by atomic mass is 16.3. The summed E-state index contributed by atoms with van der Waals surface area (Å²) in [4.78, 5) is 2.38. The maximum absolute atomic E-state index is 7.01. The highest BCUT2D eigenvalue weighted by Crippen LogP contribution is 2.48. The van der Waals surface area contributed by atoms with Gasteiger partial charge < -0.3 is 31.9 Å². The molecule has 0 spiro atoms. The third-order valence-corrected chi connectivity index (χ3v) is 22.4. The lowest BCUT2D eigenvalue weighted by atomic mass is 9.99. The Hall–Kier alpha value is -13.9. The average Bonchev–Trinajstić information content (AvgIpc) is 1.57. The van der Waals surface area contributed by atoms with Gasteiger partial charge in [0.1, 0.15) is 33.5 Å². The summed E-state index contributed by atoms with van der Waals surface area (Å²) in [5.41, 5.74) is 18.1. The van der Waals surface area contributed by atoms with E-state index in [-0.39, 0.29) is 0 Å². The summed E-state index contributed by atoms with van der Waals surface area (Å²) < 4.78 is 28.2. The van der Waals surface area contributed by atoms with Gasteiger partial charge in [0.25, 0.3) is 0 Å². The van der Waals surface area contributed by atoms with Crippen LogP contribution in [0.3, 0.4) is 0 Å². The van der Waals surface area contributed by atoms with Gasteiger partial charge in [-0.3, -0.25) is 0 Å². The molecular formula is C96H54N4O3. The largest absolute Gasteiger partial charge is 0.455 e. The number of hydrogen-bond acceptors (Lipinski definition) is 4. The van der Waals surface area contributed by atoms with Gasteiger partial charge in [-0.15, -0.1) is 0 Å². The van der Waals surface area contributed by atoms with Crippen LogP contribution in [0.5, 0.6) is 0 Å². The van der Waals surface area contributed by atoms with Crippen LogP contribution in [0.1, 0.15) is 0 Å². The topological polar surface area (TPSA) is 57.5 Å². The van der Waals surface area contributed by atoms with E-state index in [4.69, 9.17) is 13.3 Å². The summed E-state index contributed by atoms with van der Waals surface area (Å²) >= 11 is 0. The first-order valence-corrected chi connectivity index (χ1v) is 35.3. The second-order valence-electron chi connectivity index (χ2n) is 27.9. The van der Waals surface area contributed by atoms with E-state index in [0.717, 1.165) is 176 Å². The zero-order chi connectivity index (χ0) is 66.9. The third kappa shape index (κ3) is 7.76. The van der Waals surface area contributed by atoms with Gasteiger partial charge in [-0.2, -0.15) is 0 Å². The van der Waals surface area contributed by atoms with E-state index in [1.165, 1.54) is 53.9 Å². The first-order chi connectivity index (χ1) is 51.0. The minimum atomic E-state index is 0.886. The average molecular weight is 1310 g/mol. The number of aromatic nitrogens is 3. The molecule has 6 heterocycles. The number of anilines is 3. The lowest BCUT2D eigenvalue weighted by Gasteiger charge is -2.26. The molecule has 0 unspecified atom stereocenters. The van der Waals surface area contributed by atoms with Crippen LogP contribution in [0.2, 0.25) is 0 Å². The van der Waals surface area contributed by atoms with Crippen LogP contribution in [0.25, 0.3) is 213 Å². The Bertz CT molecular complexity index is 7540. The predicted octanol–water partition coefficient (Wildman–Crippen LogP) is 27.1. The van der Waals surface area contributed by atoms with Crippen molar-refractivity contribution >= 4 is 213 Å². The Morgan fingerprint density at radius 2 is 0.505 bits per heavy atom. The number of benzene rings is 18. The van der Waals surface area contributed by atoms with Gasteiger partial charge in [-0.1, -0.05) is 133 Å². The van der Waals surface area contributed by atoms with E-state index >= 15 is 0 Å². The second kappa shape index (κ2) is 20.4. The zero-order valence-corrected chi connectivity index (χ0v) is 55.2. The Morgan fingerprint density at radius 1 is 0.184 bits per heavy atom. The number of furan rings is 3. The Labute approximate surface area is 585 Å². The van der Waals surface area contributed by atoms with Crippen LogP contribution < -0.4 is 4.90 Å². The molecular weight excluding hydrogens is 1260 g/mol. The summed E-state index contributed by atoms with van der Waals surface area (Å²) in [6.07, 6.45) is 0. The molecule has 103 heavy (non-hydrogen) atoms. The van der Waals surface area contributed by atoms with Crippen molar-refractivity contribution in [3.63, 3.8) is 0 Å². The predicted molar refractivity (Wildman–Crippen MR) is 431 cm³/mol. The van der Waals surface area contributed by atoms with E-state index in [9.17, 15) is 0 Å². The van der Waals surface area contributed by atoms with Crippen molar-refractivity contribution in [1.82, 2.24) is 13.7 Å². The van der Waals surface area contributed by atoms with Gasteiger partial charge in [0.15, 0.2) is 0 Å². The van der Waals surface area contributed by atoms with Crippen molar-refractivity contribution in [1.29, 1.82) is 0 Å². The molecule has 0 amide bonds. The fourth-order valence-corrected chi connectivity index (χ4v) is 17.8. The lowest BCUT2D eigenvalue weighted by Crippen LogP contribution is -2.10. The molecule has 0 N–H and O–H groups in total. The maximum Gasteiger partial charge on any atom is 0.145 e. The molecule has 7 heteroatoms. The number of nitrogens with zero attached hydrogens (tertiary/aromatic N) is 4. The number of rotatable bonds is 6. The van der Waals surface area contributed by atoms with Gasteiger partial charge in [0.05, 0.1) is 49.3 Å². The van der Waals surface area contributed by atoms with Crippen molar-refractivity contribution in [3.8, 4) is 17.1 Å². The van der Waals surface area contributed by atoms with Crippen molar-refractivity contribution in [2.75, 3.05) is 4.90 Å². The number of para-hydroxylation sites is 3. The van der Waals surface area contributed by atoms with Crippen LogP contribution in [0.15, 0.2) is 341 Å². The molecule has 0 aliphatic carbocycles. The van der Waals surface area contributed by atoms with E-state index in [0.29, 0.717) is 0 Å². The summed E-state index contributed by atoms with van der Waals surface area (Å²) in [7, 11) is 0. The molecule has 0 aliphatic rings. The first kappa shape index (κ1) is 55.1. The van der Waals surface area contributed by atoms with E-state index in [1.54, 1.807) is 0 Å². The van der Waals surface area contributed by atoms with Gasteiger partial charge in [0.2, 0.25) is 0 Å². The summed E-state index contributed by atoms with van der Waals surface area (Å²) in [5, 5.41) is 27.9. The molecule has 0 aliphatic heterocycles. The first-order valence-electron chi connectivity index (χ1n) is 35.3. The molecule has 24 aromatic rings. The van der Waals surface area contributed by atoms with E-state index in [1.807, 2.05) is 0 Å². The van der Waals surface area contributed by atoms with Crippen molar-refractivity contribution in [2.24, 2.45) is 0 Å². The van der Waals surface area contributed by atoms with Gasteiger partial charge in [-0.05, 0) is 259 Å². The molecule has 0 radical (unpaired) electrons. The minimum Gasteiger partial charge on any atom is -0.455 e. The SMILES string of the molecule is c1ccc2cc3cc4c(cc3cc2c1)oc1c4ccc2c1c1ccccc1n2-c1ccc(N(c2ccc(-n3c4ccccc4c4c5oc6cc7cc8ccccc8cc7cc6c5ccc43)cc2)c2ccc(-n3c4ccccc4c4c5oc6ccc7cc8ccccc8cc7c6c5ccc43)cc2)cc1. The zero-order valence-electron chi connectivity index (χ0n) is 55.2. The Morgan fingerprint density at radius 3 is 0.913 bits per heavy atom.